The molecule has 3 rings (SSSR count). The molecule has 0 saturated heterocycles. The molecule has 0 spiro atoms. The van der Waals surface area contributed by atoms with Gasteiger partial charge in [-0.15, -0.1) is 0 Å². The van der Waals surface area contributed by atoms with Crippen molar-refractivity contribution >= 4 is 17.7 Å². The minimum absolute atomic E-state index is 0.0554. The van der Waals surface area contributed by atoms with Gasteiger partial charge in [0.2, 0.25) is 0 Å². The Morgan fingerprint density at radius 1 is 0.848 bits per heavy atom. The Labute approximate surface area is 193 Å². The molecule has 0 aliphatic rings. The smallest absolute Gasteiger partial charge is 0.322 e. The molecule has 0 aliphatic heterocycles. The van der Waals surface area contributed by atoms with Crippen molar-refractivity contribution in [2.24, 2.45) is 0 Å². The summed E-state index contributed by atoms with van der Waals surface area (Å²) in [4.78, 5) is 27.2. The molecule has 0 bridgehead atoms. The molecular formula is C26H28N2O5. The van der Waals surface area contributed by atoms with Gasteiger partial charge in [-0.05, 0) is 23.3 Å². The second-order valence-electron chi connectivity index (χ2n) is 7.24. The number of urea groups is 1. The van der Waals surface area contributed by atoms with Gasteiger partial charge in [-0.2, -0.15) is 0 Å². The Balaban J connectivity index is 2.00. The third-order valence-corrected chi connectivity index (χ3v) is 5.24. The highest BCUT2D eigenvalue weighted by atomic mass is 16.5. The molecule has 0 aliphatic carbocycles. The lowest BCUT2D eigenvalue weighted by Crippen LogP contribution is -2.40. The van der Waals surface area contributed by atoms with Gasteiger partial charge in [0.1, 0.15) is 11.5 Å². The van der Waals surface area contributed by atoms with Crippen LogP contribution in [0.15, 0.2) is 78.9 Å². The summed E-state index contributed by atoms with van der Waals surface area (Å²) in [6.45, 7) is 0.158. The van der Waals surface area contributed by atoms with E-state index in [1.165, 1.54) is 14.2 Å². The number of anilines is 1. The van der Waals surface area contributed by atoms with Crippen molar-refractivity contribution in [1.29, 1.82) is 0 Å². The Morgan fingerprint density at radius 3 is 1.97 bits per heavy atom. The molecule has 33 heavy (non-hydrogen) atoms. The zero-order valence-electron chi connectivity index (χ0n) is 19.0. The van der Waals surface area contributed by atoms with Crippen LogP contribution in [-0.2, 0) is 9.53 Å². The van der Waals surface area contributed by atoms with Crippen LogP contribution in [0.25, 0.3) is 0 Å². The third kappa shape index (κ3) is 6.04. The van der Waals surface area contributed by atoms with E-state index in [1.807, 2.05) is 60.7 Å². The van der Waals surface area contributed by atoms with Crippen LogP contribution in [0.5, 0.6) is 11.5 Å². The Morgan fingerprint density at radius 2 is 1.45 bits per heavy atom. The SMILES string of the molecule is COC(=O)CCN(C(=O)Nc1ccc(OC)cc1OC)C(c1ccccc1)c1ccccc1. The normalized spacial score (nSPS) is 10.4. The van der Waals surface area contributed by atoms with E-state index >= 15 is 0 Å². The second-order valence-corrected chi connectivity index (χ2v) is 7.24. The number of rotatable bonds is 9. The van der Waals surface area contributed by atoms with E-state index in [9.17, 15) is 9.59 Å². The molecule has 3 aromatic rings. The molecule has 0 aromatic heterocycles. The summed E-state index contributed by atoms with van der Waals surface area (Å²) >= 11 is 0. The van der Waals surface area contributed by atoms with E-state index in [0.29, 0.717) is 17.2 Å². The molecule has 0 atom stereocenters. The number of amides is 2. The van der Waals surface area contributed by atoms with Crippen LogP contribution in [0.1, 0.15) is 23.6 Å². The average Bonchev–Trinajstić information content (AvgIpc) is 2.87. The van der Waals surface area contributed by atoms with E-state index in [-0.39, 0.29) is 19.0 Å². The third-order valence-electron chi connectivity index (χ3n) is 5.24. The zero-order valence-corrected chi connectivity index (χ0v) is 19.0. The highest BCUT2D eigenvalue weighted by Gasteiger charge is 2.28. The van der Waals surface area contributed by atoms with Crippen molar-refractivity contribution < 1.29 is 23.8 Å². The average molecular weight is 449 g/mol. The number of nitrogens with zero attached hydrogens (tertiary/aromatic N) is 1. The lowest BCUT2D eigenvalue weighted by Gasteiger charge is -2.33. The maximum atomic E-state index is 13.6. The number of benzene rings is 3. The van der Waals surface area contributed by atoms with Gasteiger partial charge in [-0.25, -0.2) is 4.79 Å². The van der Waals surface area contributed by atoms with Crippen LogP contribution in [-0.4, -0.2) is 44.8 Å². The molecule has 0 radical (unpaired) electrons. The first kappa shape index (κ1) is 23.7. The number of esters is 1. The summed E-state index contributed by atoms with van der Waals surface area (Å²) < 4.78 is 15.5. The van der Waals surface area contributed by atoms with Gasteiger partial charge in [0.25, 0.3) is 0 Å². The Hall–Kier alpha value is -4.00. The summed E-state index contributed by atoms with van der Waals surface area (Å²) in [5.74, 6) is 0.681. The van der Waals surface area contributed by atoms with E-state index < -0.39 is 12.0 Å². The summed E-state index contributed by atoms with van der Waals surface area (Å²) in [6.07, 6.45) is 0.0554. The summed E-state index contributed by atoms with van der Waals surface area (Å²) in [5, 5.41) is 2.93. The zero-order chi connectivity index (χ0) is 23.6. The Kier molecular flexibility index (Phi) is 8.30. The molecule has 0 heterocycles. The van der Waals surface area contributed by atoms with Crippen molar-refractivity contribution in [3.63, 3.8) is 0 Å². The molecule has 172 valence electrons. The molecule has 7 heteroatoms. The highest BCUT2D eigenvalue weighted by Crippen LogP contribution is 2.32. The van der Waals surface area contributed by atoms with Gasteiger partial charge in [0.15, 0.2) is 0 Å². The van der Waals surface area contributed by atoms with Crippen molar-refractivity contribution in [2.45, 2.75) is 12.5 Å². The molecule has 1 N–H and O–H groups in total. The largest absolute Gasteiger partial charge is 0.497 e. The maximum Gasteiger partial charge on any atom is 0.322 e. The molecular weight excluding hydrogens is 420 g/mol. The van der Waals surface area contributed by atoms with Crippen molar-refractivity contribution in [3.05, 3.63) is 90.0 Å². The number of ether oxygens (including phenoxy) is 3. The van der Waals surface area contributed by atoms with Crippen LogP contribution >= 0.6 is 0 Å². The number of hydrogen-bond acceptors (Lipinski definition) is 5. The minimum Gasteiger partial charge on any atom is -0.497 e. The molecule has 7 nitrogen and oxygen atoms in total. The fourth-order valence-corrected chi connectivity index (χ4v) is 3.57. The van der Waals surface area contributed by atoms with E-state index in [1.54, 1.807) is 30.2 Å². The van der Waals surface area contributed by atoms with Crippen molar-refractivity contribution in [2.75, 3.05) is 33.2 Å². The standard InChI is InChI=1S/C26H28N2O5/c1-31-21-14-15-22(23(18-21)32-2)27-26(30)28(17-16-24(29)33-3)25(19-10-6-4-7-11-19)20-12-8-5-9-13-20/h4-15,18,25H,16-17H2,1-3H3,(H,27,30). The molecule has 3 aromatic carbocycles. The molecule has 0 fully saturated rings. The van der Waals surface area contributed by atoms with Crippen molar-refractivity contribution in [3.8, 4) is 11.5 Å². The van der Waals surface area contributed by atoms with Crippen molar-refractivity contribution in [1.82, 2.24) is 4.90 Å². The number of carbonyl (C=O) groups excluding carboxylic acids is 2. The van der Waals surface area contributed by atoms with Gasteiger partial charge in [-0.1, -0.05) is 60.7 Å². The monoisotopic (exact) mass is 448 g/mol. The first-order valence-electron chi connectivity index (χ1n) is 10.5. The second kappa shape index (κ2) is 11.6. The summed E-state index contributed by atoms with van der Waals surface area (Å²) in [6, 6.07) is 23.8. The first-order chi connectivity index (χ1) is 16.1. The van der Waals surface area contributed by atoms with Crippen LogP contribution in [0.4, 0.5) is 10.5 Å². The molecule has 2 amide bonds. The topological polar surface area (TPSA) is 77.1 Å². The Bertz CT molecular complexity index is 1020. The predicted octanol–water partition coefficient (Wildman–Crippen LogP) is 4.89. The van der Waals surface area contributed by atoms with Gasteiger partial charge < -0.3 is 24.4 Å². The lowest BCUT2D eigenvalue weighted by atomic mass is 9.97. The summed E-state index contributed by atoms with van der Waals surface area (Å²) in [7, 11) is 4.42. The highest BCUT2D eigenvalue weighted by molar-refractivity contribution is 5.92. The van der Waals surface area contributed by atoms with Crippen LogP contribution in [0, 0.1) is 0 Å². The maximum absolute atomic E-state index is 13.6. The predicted molar refractivity (Wildman–Crippen MR) is 127 cm³/mol. The fraction of sp³-hybridized carbons (Fsp3) is 0.231. The molecule has 0 unspecified atom stereocenters. The number of hydrogen-bond donors (Lipinski definition) is 1. The number of nitrogens with one attached hydrogen (secondary N) is 1. The van der Waals surface area contributed by atoms with E-state index in [4.69, 9.17) is 14.2 Å². The van der Waals surface area contributed by atoms with Gasteiger partial charge >= 0.3 is 12.0 Å². The lowest BCUT2D eigenvalue weighted by molar-refractivity contribution is -0.140. The quantitative estimate of drug-likeness (QED) is 0.472. The number of carbonyl (C=O) groups is 2. The minimum atomic E-state index is -0.415. The van der Waals surface area contributed by atoms with Crippen LogP contribution in [0.2, 0.25) is 0 Å². The summed E-state index contributed by atoms with van der Waals surface area (Å²) in [5.41, 5.74) is 2.34. The van der Waals surface area contributed by atoms with Gasteiger partial charge in [-0.3, -0.25) is 4.79 Å². The van der Waals surface area contributed by atoms with Crippen LogP contribution < -0.4 is 14.8 Å². The fourth-order valence-electron chi connectivity index (χ4n) is 3.57. The molecule has 0 saturated carbocycles. The van der Waals surface area contributed by atoms with Crippen LogP contribution in [0.3, 0.4) is 0 Å². The number of methoxy groups -OCH3 is 3. The first-order valence-corrected chi connectivity index (χ1v) is 10.5. The van der Waals surface area contributed by atoms with E-state index in [0.717, 1.165) is 11.1 Å². The van der Waals surface area contributed by atoms with E-state index in [2.05, 4.69) is 5.32 Å². The van der Waals surface area contributed by atoms with Gasteiger partial charge in [0, 0.05) is 12.6 Å². The van der Waals surface area contributed by atoms with Gasteiger partial charge in [0.05, 0.1) is 39.5 Å².